The minimum absolute atomic E-state index is 0.349. The summed E-state index contributed by atoms with van der Waals surface area (Å²) in [6, 6.07) is 12.7. The van der Waals surface area contributed by atoms with E-state index in [0.29, 0.717) is 22.1 Å². The quantitative estimate of drug-likeness (QED) is 0.860. The van der Waals surface area contributed by atoms with Gasteiger partial charge in [0.05, 0.1) is 35.7 Å². The van der Waals surface area contributed by atoms with Crippen LogP contribution in [0.4, 0.5) is 5.69 Å². The van der Waals surface area contributed by atoms with E-state index in [1.54, 1.807) is 32.4 Å². The molecule has 106 valence electrons. The molecule has 2 aromatic carbocycles. The van der Waals surface area contributed by atoms with Gasteiger partial charge in [-0.1, -0.05) is 18.2 Å². The predicted octanol–water partition coefficient (Wildman–Crippen LogP) is 2.59. The molecule has 5 heteroatoms. The Bertz CT molecular complexity index is 628. The van der Waals surface area contributed by atoms with E-state index < -0.39 is 10.8 Å². The second kappa shape index (κ2) is 6.43. The van der Waals surface area contributed by atoms with E-state index >= 15 is 0 Å². The molecule has 0 saturated heterocycles. The van der Waals surface area contributed by atoms with Crippen LogP contribution in [0.2, 0.25) is 0 Å². The summed E-state index contributed by atoms with van der Waals surface area (Å²) in [5.41, 5.74) is 7.27. The van der Waals surface area contributed by atoms with Crippen LogP contribution < -0.4 is 15.2 Å². The van der Waals surface area contributed by atoms with Crippen LogP contribution in [0, 0.1) is 0 Å². The summed E-state index contributed by atoms with van der Waals surface area (Å²) in [6.45, 7) is 0. The predicted molar refractivity (Wildman–Crippen MR) is 80.5 cm³/mol. The van der Waals surface area contributed by atoms with Crippen LogP contribution in [0.5, 0.6) is 11.5 Å². The summed E-state index contributed by atoms with van der Waals surface area (Å²) in [7, 11) is 1.91. The molecule has 4 nitrogen and oxygen atoms in total. The van der Waals surface area contributed by atoms with E-state index in [2.05, 4.69) is 0 Å². The van der Waals surface area contributed by atoms with Crippen molar-refractivity contribution in [3.63, 3.8) is 0 Å². The number of nitrogens with two attached hydrogens (primary N) is 1. The molecule has 1 unspecified atom stereocenters. The highest BCUT2D eigenvalue weighted by Crippen LogP contribution is 2.26. The highest BCUT2D eigenvalue weighted by Gasteiger charge is 2.12. The van der Waals surface area contributed by atoms with Crippen molar-refractivity contribution in [1.29, 1.82) is 0 Å². The van der Waals surface area contributed by atoms with Gasteiger partial charge in [-0.05, 0) is 24.3 Å². The first-order valence-corrected chi connectivity index (χ1v) is 7.41. The number of benzene rings is 2. The second-order valence-corrected chi connectivity index (χ2v) is 5.63. The molecule has 2 aromatic rings. The fraction of sp³-hybridized carbons (Fsp3) is 0.200. The normalized spacial score (nSPS) is 11.9. The van der Waals surface area contributed by atoms with Crippen LogP contribution in [-0.2, 0) is 16.6 Å². The first-order chi connectivity index (χ1) is 9.65. The van der Waals surface area contributed by atoms with Crippen molar-refractivity contribution in [1.82, 2.24) is 0 Å². The van der Waals surface area contributed by atoms with Gasteiger partial charge >= 0.3 is 0 Å². The number of hydrogen-bond donors (Lipinski definition) is 1. The monoisotopic (exact) mass is 291 g/mol. The smallest absolute Gasteiger partial charge is 0.122 e. The zero-order chi connectivity index (χ0) is 14.5. The minimum atomic E-state index is -1.25. The van der Waals surface area contributed by atoms with Crippen LogP contribution in [0.25, 0.3) is 0 Å². The Morgan fingerprint density at radius 1 is 1.10 bits per heavy atom. The van der Waals surface area contributed by atoms with Gasteiger partial charge in [0, 0.05) is 11.3 Å². The van der Waals surface area contributed by atoms with Crippen molar-refractivity contribution in [3.8, 4) is 11.5 Å². The van der Waals surface area contributed by atoms with Crippen LogP contribution >= 0.6 is 0 Å². The lowest BCUT2D eigenvalue weighted by Crippen LogP contribution is -2.02. The summed E-state index contributed by atoms with van der Waals surface area (Å²) < 4.78 is 22.9. The molecule has 0 heterocycles. The molecule has 20 heavy (non-hydrogen) atoms. The van der Waals surface area contributed by atoms with Gasteiger partial charge in [-0.3, -0.25) is 4.21 Å². The molecule has 2 rings (SSSR count). The zero-order valence-electron chi connectivity index (χ0n) is 11.5. The lowest BCUT2D eigenvalue weighted by atomic mass is 10.2. The maximum atomic E-state index is 12.5. The van der Waals surface area contributed by atoms with E-state index in [1.807, 2.05) is 24.3 Å². The molecule has 2 N–H and O–H groups in total. The van der Waals surface area contributed by atoms with Crippen molar-refractivity contribution in [2.24, 2.45) is 0 Å². The molecular weight excluding hydrogens is 274 g/mol. The SMILES string of the molecule is COc1ccc(N)c(S(=O)Cc2ccccc2OC)c1. The third kappa shape index (κ3) is 3.11. The first kappa shape index (κ1) is 14.4. The lowest BCUT2D eigenvalue weighted by Gasteiger charge is -2.10. The fourth-order valence-corrected chi connectivity index (χ4v) is 3.14. The van der Waals surface area contributed by atoms with E-state index in [9.17, 15) is 4.21 Å². The van der Waals surface area contributed by atoms with Crippen LogP contribution in [0.15, 0.2) is 47.4 Å². The highest BCUT2D eigenvalue weighted by atomic mass is 32.2. The summed E-state index contributed by atoms with van der Waals surface area (Å²) in [6.07, 6.45) is 0. The van der Waals surface area contributed by atoms with E-state index in [4.69, 9.17) is 15.2 Å². The number of nitrogen functional groups attached to an aromatic ring is 1. The number of hydrogen-bond acceptors (Lipinski definition) is 4. The number of anilines is 1. The van der Waals surface area contributed by atoms with Gasteiger partial charge in [0.15, 0.2) is 0 Å². The van der Waals surface area contributed by atoms with E-state index in [0.717, 1.165) is 11.3 Å². The van der Waals surface area contributed by atoms with Crippen molar-refractivity contribution in [2.45, 2.75) is 10.6 Å². The van der Waals surface area contributed by atoms with Crippen molar-refractivity contribution < 1.29 is 13.7 Å². The molecule has 0 aliphatic heterocycles. The molecule has 0 aromatic heterocycles. The van der Waals surface area contributed by atoms with Crippen LogP contribution in [-0.4, -0.2) is 18.4 Å². The van der Waals surface area contributed by atoms with Crippen molar-refractivity contribution >= 4 is 16.5 Å². The molecule has 0 saturated carbocycles. The molecule has 0 bridgehead atoms. The minimum Gasteiger partial charge on any atom is -0.497 e. The standard InChI is InChI=1S/C15H17NO3S/c1-18-12-7-8-13(16)15(9-12)20(17)10-11-5-3-4-6-14(11)19-2/h3-9H,10,16H2,1-2H3. The van der Waals surface area contributed by atoms with Crippen molar-refractivity contribution in [3.05, 3.63) is 48.0 Å². The Kier molecular flexibility index (Phi) is 4.63. The zero-order valence-corrected chi connectivity index (χ0v) is 12.3. The molecule has 0 radical (unpaired) electrons. The Morgan fingerprint density at radius 3 is 2.55 bits per heavy atom. The number of ether oxygens (including phenoxy) is 2. The highest BCUT2D eigenvalue weighted by molar-refractivity contribution is 7.84. The first-order valence-electron chi connectivity index (χ1n) is 6.09. The topological polar surface area (TPSA) is 61.5 Å². The van der Waals surface area contributed by atoms with Gasteiger partial charge in [-0.25, -0.2) is 0 Å². The van der Waals surface area contributed by atoms with Crippen LogP contribution in [0.3, 0.4) is 0 Å². The van der Waals surface area contributed by atoms with Gasteiger partial charge in [-0.15, -0.1) is 0 Å². The molecular formula is C15H17NO3S. The molecule has 0 aliphatic rings. The van der Waals surface area contributed by atoms with Gasteiger partial charge in [-0.2, -0.15) is 0 Å². The summed E-state index contributed by atoms with van der Waals surface area (Å²) >= 11 is 0. The maximum Gasteiger partial charge on any atom is 0.122 e. The average Bonchev–Trinajstić information content (AvgIpc) is 2.48. The Morgan fingerprint density at radius 2 is 1.85 bits per heavy atom. The van der Waals surface area contributed by atoms with Crippen molar-refractivity contribution in [2.75, 3.05) is 20.0 Å². The van der Waals surface area contributed by atoms with Gasteiger partial charge in [0.2, 0.25) is 0 Å². The average molecular weight is 291 g/mol. The molecule has 0 spiro atoms. The number of methoxy groups -OCH3 is 2. The summed E-state index contributed by atoms with van der Waals surface area (Å²) in [5, 5.41) is 0. The van der Waals surface area contributed by atoms with Crippen LogP contribution in [0.1, 0.15) is 5.56 Å². The number of para-hydroxylation sites is 1. The Labute approximate surface area is 121 Å². The summed E-state index contributed by atoms with van der Waals surface area (Å²) in [5.74, 6) is 1.71. The van der Waals surface area contributed by atoms with Gasteiger partial charge < -0.3 is 15.2 Å². The molecule has 1 atom stereocenters. The maximum absolute atomic E-state index is 12.5. The van der Waals surface area contributed by atoms with Gasteiger partial charge in [0.25, 0.3) is 0 Å². The second-order valence-electron chi connectivity index (χ2n) is 4.21. The summed E-state index contributed by atoms with van der Waals surface area (Å²) in [4.78, 5) is 0.579. The largest absolute Gasteiger partial charge is 0.497 e. The molecule has 0 aliphatic carbocycles. The number of rotatable bonds is 5. The Balaban J connectivity index is 2.28. The molecule has 0 amide bonds. The van der Waals surface area contributed by atoms with Gasteiger partial charge in [0.1, 0.15) is 11.5 Å². The lowest BCUT2D eigenvalue weighted by molar-refractivity contribution is 0.411. The van der Waals surface area contributed by atoms with E-state index in [-0.39, 0.29) is 0 Å². The fourth-order valence-electron chi connectivity index (χ4n) is 1.88. The third-order valence-electron chi connectivity index (χ3n) is 2.95. The Hall–Kier alpha value is -2.01. The van der Waals surface area contributed by atoms with E-state index in [1.165, 1.54) is 0 Å². The third-order valence-corrected chi connectivity index (χ3v) is 4.36. The molecule has 0 fully saturated rings.